The van der Waals surface area contributed by atoms with Crippen molar-refractivity contribution < 1.29 is 23.6 Å². The third kappa shape index (κ3) is 6.44. The molecule has 3 rings (SSSR count). The number of urea groups is 1. The highest BCUT2D eigenvalue weighted by atomic mass is 19.1. The van der Waals surface area contributed by atoms with Crippen LogP contribution in [0, 0.1) is 5.82 Å². The second-order valence-corrected chi connectivity index (χ2v) is 8.67. The highest BCUT2D eigenvalue weighted by Crippen LogP contribution is 2.36. The Morgan fingerprint density at radius 3 is 2.34 bits per heavy atom. The lowest BCUT2D eigenvalue weighted by atomic mass is 9.72. The number of anilines is 1. The zero-order chi connectivity index (χ0) is 25.4. The highest BCUT2D eigenvalue weighted by Gasteiger charge is 2.42. The molecular weight excluding hydrogens is 451 g/mol. The van der Waals surface area contributed by atoms with Gasteiger partial charge >= 0.3 is 6.03 Å². The van der Waals surface area contributed by atoms with Gasteiger partial charge in [-0.3, -0.25) is 19.7 Å². The smallest absolute Gasteiger partial charge is 0.315 e. The maximum atomic E-state index is 13.0. The van der Waals surface area contributed by atoms with Gasteiger partial charge in [-0.05, 0) is 54.7 Å². The van der Waals surface area contributed by atoms with E-state index in [4.69, 9.17) is 0 Å². The lowest BCUT2D eigenvalue weighted by Gasteiger charge is -2.35. The van der Waals surface area contributed by atoms with Gasteiger partial charge in [0.15, 0.2) is 0 Å². The SMILES string of the molecule is CCCC(NC(=O)NCc1ccc(F)cc1)C(=O)Nc1ccc(C2(CC)CCC(=O)NC2=O)cc1. The number of halogens is 1. The summed E-state index contributed by atoms with van der Waals surface area (Å²) in [6, 6.07) is 11.5. The Morgan fingerprint density at radius 1 is 1.06 bits per heavy atom. The minimum Gasteiger partial charge on any atom is -0.334 e. The maximum Gasteiger partial charge on any atom is 0.315 e. The van der Waals surface area contributed by atoms with Gasteiger partial charge < -0.3 is 16.0 Å². The summed E-state index contributed by atoms with van der Waals surface area (Å²) < 4.78 is 13.0. The molecule has 0 aliphatic carbocycles. The van der Waals surface area contributed by atoms with Crippen LogP contribution in [0.4, 0.5) is 14.9 Å². The standard InChI is InChI=1S/C26H31FN4O4/c1-3-5-21(30-25(35)28-16-17-6-10-19(27)11-7-17)23(33)29-20-12-8-18(9-13-20)26(4-2)15-14-22(32)31-24(26)34/h6-13,21H,3-5,14-16H2,1-2H3,(H,29,33)(H2,28,30,35)(H,31,32,34). The summed E-state index contributed by atoms with van der Waals surface area (Å²) in [4.78, 5) is 49.3. The molecule has 8 nitrogen and oxygen atoms in total. The van der Waals surface area contributed by atoms with Gasteiger partial charge in [-0.1, -0.05) is 44.5 Å². The van der Waals surface area contributed by atoms with Crippen LogP contribution in [0.15, 0.2) is 48.5 Å². The largest absolute Gasteiger partial charge is 0.334 e. The maximum absolute atomic E-state index is 13.0. The molecule has 0 aromatic heterocycles. The second-order valence-electron chi connectivity index (χ2n) is 8.67. The number of carbonyl (C=O) groups excluding carboxylic acids is 4. The molecule has 1 saturated heterocycles. The van der Waals surface area contributed by atoms with Crippen molar-refractivity contribution in [2.75, 3.05) is 5.32 Å². The summed E-state index contributed by atoms with van der Waals surface area (Å²) >= 11 is 0. The molecular formula is C26H31FN4O4. The van der Waals surface area contributed by atoms with E-state index in [1.165, 1.54) is 12.1 Å². The summed E-state index contributed by atoms with van der Waals surface area (Å²) in [6.07, 6.45) is 2.40. The molecule has 2 atom stereocenters. The van der Waals surface area contributed by atoms with Gasteiger partial charge in [0.25, 0.3) is 0 Å². The van der Waals surface area contributed by atoms with Crippen molar-refractivity contribution in [3.63, 3.8) is 0 Å². The number of hydrogen-bond donors (Lipinski definition) is 4. The third-order valence-electron chi connectivity index (χ3n) is 6.34. The Labute approximate surface area is 204 Å². The monoisotopic (exact) mass is 482 g/mol. The van der Waals surface area contributed by atoms with Crippen LogP contribution in [-0.2, 0) is 26.3 Å². The van der Waals surface area contributed by atoms with Crippen molar-refractivity contribution >= 4 is 29.4 Å². The molecule has 1 heterocycles. The molecule has 2 aromatic carbocycles. The van der Waals surface area contributed by atoms with Crippen LogP contribution < -0.4 is 21.3 Å². The topological polar surface area (TPSA) is 116 Å². The van der Waals surface area contributed by atoms with Crippen LogP contribution in [0.2, 0.25) is 0 Å². The molecule has 35 heavy (non-hydrogen) atoms. The van der Waals surface area contributed by atoms with Gasteiger partial charge in [0.2, 0.25) is 17.7 Å². The molecule has 1 fully saturated rings. The summed E-state index contributed by atoms with van der Waals surface area (Å²) in [5, 5.41) is 10.6. The van der Waals surface area contributed by atoms with Gasteiger partial charge in [0.05, 0.1) is 5.41 Å². The zero-order valence-electron chi connectivity index (χ0n) is 19.9. The van der Waals surface area contributed by atoms with E-state index in [0.717, 1.165) is 11.1 Å². The first-order valence-electron chi connectivity index (χ1n) is 11.8. The Kier molecular flexibility index (Phi) is 8.57. The van der Waals surface area contributed by atoms with Crippen LogP contribution in [0.1, 0.15) is 57.1 Å². The molecule has 0 spiro atoms. The number of rotatable bonds is 9. The summed E-state index contributed by atoms with van der Waals surface area (Å²) in [7, 11) is 0. The number of imide groups is 1. The van der Waals surface area contributed by atoms with Gasteiger partial charge in [-0.2, -0.15) is 0 Å². The van der Waals surface area contributed by atoms with Crippen LogP contribution >= 0.6 is 0 Å². The number of piperidine rings is 1. The number of carbonyl (C=O) groups is 4. The predicted octanol–water partition coefficient (Wildman–Crippen LogP) is 3.52. The van der Waals surface area contributed by atoms with E-state index < -0.39 is 17.5 Å². The molecule has 5 amide bonds. The second kappa shape index (κ2) is 11.6. The number of nitrogens with one attached hydrogen (secondary N) is 4. The molecule has 0 saturated carbocycles. The normalized spacial score (nSPS) is 18.4. The molecule has 1 aliphatic heterocycles. The lowest BCUT2D eigenvalue weighted by Crippen LogP contribution is -2.51. The van der Waals surface area contributed by atoms with E-state index in [1.54, 1.807) is 36.4 Å². The summed E-state index contributed by atoms with van der Waals surface area (Å²) in [5.41, 5.74) is 1.28. The zero-order valence-corrected chi connectivity index (χ0v) is 19.9. The van der Waals surface area contributed by atoms with Gasteiger partial charge in [0.1, 0.15) is 11.9 Å². The Hall–Kier alpha value is -3.75. The first kappa shape index (κ1) is 25.9. The first-order valence-corrected chi connectivity index (χ1v) is 11.8. The van der Waals surface area contributed by atoms with Crippen LogP contribution in [0.3, 0.4) is 0 Å². The van der Waals surface area contributed by atoms with Crippen molar-refractivity contribution in [1.82, 2.24) is 16.0 Å². The van der Waals surface area contributed by atoms with Crippen molar-refractivity contribution in [1.29, 1.82) is 0 Å². The van der Waals surface area contributed by atoms with E-state index in [9.17, 15) is 23.6 Å². The van der Waals surface area contributed by atoms with Crippen LogP contribution in [-0.4, -0.2) is 29.8 Å². The van der Waals surface area contributed by atoms with E-state index >= 15 is 0 Å². The molecule has 1 aliphatic rings. The highest BCUT2D eigenvalue weighted by molar-refractivity contribution is 6.03. The van der Waals surface area contributed by atoms with Crippen molar-refractivity contribution in [2.45, 2.75) is 64.0 Å². The van der Waals surface area contributed by atoms with Crippen LogP contribution in [0.25, 0.3) is 0 Å². The third-order valence-corrected chi connectivity index (χ3v) is 6.34. The van der Waals surface area contributed by atoms with E-state index in [-0.39, 0.29) is 36.5 Å². The van der Waals surface area contributed by atoms with Gasteiger partial charge in [-0.25, -0.2) is 9.18 Å². The summed E-state index contributed by atoms with van der Waals surface area (Å²) in [6.45, 7) is 4.02. The first-order chi connectivity index (χ1) is 16.8. The molecule has 186 valence electrons. The Balaban J connectivity index is 1.60. The minimum atomic E-state index is -0.772. The Morgan fingerprint density at radius 2 is 1.74 bits per heavy atom. The number of hydrogen-bond acceptors (Lipinski definition) is 4. The van der Waals surface area contributed by atoms with Crippen molar-refractivity contribution in [3.8, 4) is 0 Å². The van der Waals surface area contributed by atoms with Crippen molar-refractivity contribution in [3.05, 3.63) is 65.5 Å². The average molecular weight is 483 g/mol. The fourth-order valence-electron chi connectivity index (χ4n) is 4.22. The molecule has 9 heteroatoms. The Bertz CT molecular complexity index is 1070. The van der Waals surface area contributed by atoms with Gasteiger partial charge in [0, 0.05) is 18.7 Å². The van der Waals surface area contributed by atoms with Gasteiger partial charge in [-0.15, -0.1) is 0 Å². The average Bonchev–Trinajstić information content (AvgIpc) is 2.84. The van der Waals surface area contributed by atoms with E-state index in [0.29, 0.717) is 31.4 Å². The molecule has 2 aromatic rings. The minimum absolute atomic E-state index is 0.201. The summed E-state index contributed by atoms with van der Waals surface area (Å²) in [5.74, 6) is -1.28. The molecule has 0 bridgehead atoms. The quantitative estimate of drug-likeness (QED) is 0.409. The fraction of sp³-hybridized carbons (Fsp3) is 0.385. The molecule has 4 N–H and O–H groups in total. The van der Waals surface area contributed by atoms with E-state index in [2.05, 4.69) is 21.3 Å². The number of benzene rings is 2. The van der Waals surface area contributed by atoms with Crippen molar-refractivity contribution in [2.24, 2.45) is 0 Å². The van der Waals surface area contributed by atoms with E-state index in [1.807, 2.05) is 13.8 Å². The molecule has 2 unspecified atom stereocenters. The predicted molar refractivity (Wildman–Crippen MR) is 130 cm³/mol. The van der Waals surface area contributed by atoms with Crippen LogP contribution in [0.5, 0.6) is 0 Å². The lowest BCUT2D eigenvalue weighted by molar-refractivity contribution is -0.138. The number of amides is 5. The molecule has 0 radical (unpaired) electrons. The fourth-order valence-corrected chi connectivity index (χ4v) is 4.22.